The fourth-order valence-corrected chi connectivity index (χ4v) is 3.62. The quantitative estimate of drug-likeness (QED) is 0.563. The van der Waals surface area contributed by atoms with Crippen molar-refractivity contribution < 1.29 is 8.42 Å². The van der Waals surface area contributed by atoms with E-state index < -0.39 is 16.1 Å². The zero-order valence-electron chi connectivity index (χ0n) is 9.50. The van der Waals surface area contributed by atoms with Gasteiger partial charge in [0.25, 0.3) is 10.0 Å². The van der Waals surface area contributed by atoms with Gasteiger partial charge in [-0.2, -0.15) is 4.31 Å². The zero-order valence-corrected chi connectivity index (χ0v) is 10.3. The molecule has 94 valence electrons. The van der Waals surface area contributed by atoms with Crippen LogP contribution in [0.1, 0.15) is 12.8 Å². The Morgan fingerprint density at radius 3 is 2.88 bits per heavy atom. The molecule has 0 radical (unpaired) electrons. The molecule has 1 atom stereocenters. The standard InChI is InChI=1S/C9H15N5O2S/c1-13-5-8(12-6-13)17(15,16)14-4-2-3-7(14)9(10)11/h5-7H,2-4H2,1H3,(H3,10,11). The summed E-state index contributed by atoms with van der Waals surface area (Å²) >= 11 is 0. The summed E-state index contributed by atoms with van der Waals surface area (Å²) in [4.78, 5) is 3.85. The lowest BCUT2D eigenvalue weighted by Gasteiger charge is -2.21. The predicted octanol–water partition coefficient (Wildman–Crippen LogP) is -0.491. The van der Waals surface area contributed by atoms with Gasteiger partial charge >= 0.3 is 0 Å². The number of sulfonamides is 1. The van der Waals surface area contributed by atoms with Crippen molar-refractivity contribution in [2.75, 3.05) is 6.54 Å². The molecule has 1 aliphatic rings. The van der Waals surface area contributed by atoms with E-state index >= 15 is 0 Å². The molecule has 1 aromatic heterocycles. The second-order valence-corrected chi connectivity index (χ2v) is 5.94. The maximum atomic E-state index is 12.3. The van der Waals surface area contributed by atoms with Crippen LogP contribution in [0.2, 0.25) is 0 Å². The van der Waals surface area contributed by atoms with Gasteiger partial charge in [-0.1, -0.05) is 0 Å². The molecule has 1 fully saturated rings. The Kier molecular flexibility index (Phi) is 2.92. The molecule has 0 spiro atoms. The summed E-state index contributed by atoms with van der Waals surface area (Å²) in [6.07, 6.45) is 4.20. The highest BCUT2D eigenvalue weighted by atomic mass is 32.2. The van der Waals surface area contributed by atoms with Crippen LogP contribution in [0.4, 0.5) is 0 Å². The molecule has 1 aliphatic heterocycles. The lowest BCUT2D eigenvalue weighted by molar-refractivity contribution is 0.441. The SMILES string of the molecule is Cn1cnc(S(=O)(=O)N2CCCC2C(=N)N)c1. The molecule has 0 aliphatic carbocycles. The van der Waals surface area contributed by atoms with E-state index in [4.69, 9.17) is 11.1 Å². The van der Waals surface area contributed by atoms with Gasteiger partial charge in [-0.25, -0.2) is 13.4 Å². The van der Waals surface area contributed by atoms with Crippen LogP contribution in [0.5, 0.6) is 0 Å². The first kappa shape index (κ1) is 12.1. The van der Waals surface area contributed by atoms with Crippen LogP contribution < -0.4 is 5.73 Å². The lowest BCUT2D eigenvalue weighted by atomic mass is 10.2. The minimum Gasteiger partial charge on any atom is -0.386 e. The van der Waals surface area contributed by atoms with E-state index in [0.717, 1.165) is 6.42 Å². The number of nitrogens with two attached hydrogens (primary N) is 1. The summed E-state index contributed by atoms with van der Waals surface area (Å²) in [5.41, 5.74) is 5.42. The number of hydrogen-bond donors (Lipinski definition) is 2. The van der Waals surface area contributed by atoms with Crippen molar-refractivity contribution in [1.29, 1.82) is 5.41 Å². The van der Waals surface area contributed by atoms with Crippen LogP contribution in [-0.4, -0.2) is 40.7 Å². The van der Waals surface area contributed by atoms with Crippen molar-refractivity contribution in [3.63, 3.8) is 0 Å². The van der Waals surface area contributed by atoms with Gasteiger partial charge in [0.2, 0.25) is 0 Å². The number of rotatable bonds is 3. The molecule has 1 saturated heterocycles. The van der Waals surface area contributed by atoms with Crippen LogP contribution in [0.3, 0.4) is 0 Å². The van der Waals surface area contributed by atoms with Crippen molar-refractivity contribution in [1.82, 2.24) is 13.9 Å². The number of amidine groups is 1. The van der Waals surface area contributed by atoms with Gasteiger partial charge in [-0.3, -0.25) is 5.41 Å². The second-order valence-electron chi connectivity index (χ2n) is 4.11. The topological polar surface area (TPSA) is 105 Å². The van der Waals surface area contributed by atoms with E-state index in [1.807, 2.05) is 0 Å². The van der Waals surface area contributed by atoms with Crippen LogP contribution in [0.25, 0.3) is 0 Å². The van der Waals surface area contributed by atoms with Gasteiger partial charge in [-0.05, 0) is 12.8 Å². The van der Waals surface area contributed by atoms with Crippen LogP contribution >= 0.6 is 0 Å². The van der Waals surface area contributed by atoms with Crippen LogP contribution in [0.15, 0.2) is 17.6 Å². The fourth-order valence-electron chi connectivity index (χ4n) is 1.98. The van der Waals surface area contributed by atoms with E-state index in [0.29, 0.717) is 13.0 Å². The number of aromatic nitrogens is 2. The number of aryl methyl sites for hydroxylation is 1. The van der Waals surface area contributed by atoms with E-state index in [2.05, 4.69) is 4.98 Å². The second kappa shape index (κ2) is 4.11. The molecule has 0 saturated carbocycles. The van der Waals surface area contributed by atoms with Crippen molar-refractivity contribution in [2.45, 2.75) is 23.9 Å². The first-order valence-corrected chi connectivity index (χ1v) is 6.70. The van der Waals surface area contributed by atoms with Gasteiger partial charge in [0.1, 0.15) is 5.84 Å². The highest BCUT2D eigenvalue weighted by Crippen LogP contribution is 2.24. The molecule has 0 amide bonds. The smallest absolute Gasteiger partial charge is 0.262 e. The molecule has 1 aromatic rings. The van der Waals surface area contributed by atoms with Crippen molar-refractivity contribution in [3.05, 3.63) is 12.5 Å². The Hall–Kier alpha value is -1.41. The number of imidazole rings is 1. The molecule has 7 nitrogen and oxygen atoms in total. The molecule has 17 heavy (non-hydrogen) atoms. The van der Waals surface area contributed by atoms with E-state index in [9.17, 15) is 8.42 Å². The average molecular weight is 257 g/mol. The van der Waals surface area contributed by atoms with Crippen molar-refractivity contribution in [3.8, 4) is 0 Å². The summed E-state index contributed by atoms with van der Waals surface area (Å²) in [6.45, 7) is 0.392. The number of nitrogens with one attached hydrogen (secondary N) is 1. The minimum atomic E-state index is -3.63. The third kappa shape index (κ3) is 2.05. The molecule has 8 heteroatoms. The molecule has 1 unspecified atom stereocenters. The van der Waals surface area contributed by atoms with Gasteiger partial charge in [0.05, 0.1) is 12.4 Å². The molecule has 2 heterocycles. The predicted molar refractivity (Wildman–Crippen MR) is 62.0 cm³/mol. The highest BCUT2D eigenvalue weighted by Gasteiger charge is 2.37. The number of hydrogen-bond acceptors (Lipinski definition) is 4. The van der Waals surface area contributed by atoms with E-state index in [1.54, 1.807) is 11.6 Å². The van der Waals surface area contributed by atoms with Crippen molar-refractivity contribution in [2.24, 2.45) is 12.8 Å². The third-order valence-electron chi connectivity index (χ3n) is 2.82. The Morgan fingerprint density at radius 1 is 1.65 bits per heavy atom. The zero-order chi connectivity index (χ0) is 12.6. The molecular weight excluding hydrogens is 242 g/mol. The van der Waals surface area contributed by atoms with Gasteiger partial charge < -0.3 is 10.3 Å². The monoisotopic (exact) mass is 257 g/mol. The van der Waals surface area contributed by atoms with Crippen LogP contribution in [-0.2, 0) is 17.1 Å². The summed E-state index contributed by atoms with van der Waals surface area (Å²) in [7, 11) is -1.92. The maximum absolute atomic E-state index is 12.3. The third-order valence-corrected chi connectivity index (χ3v) is 4.61. The van der Waals surface area contributed by atoms with Gasteiger partial charge in [0.15, 0.2) is 5.03 Å². The summed E-state index contributed by atoms with van der Waals surface area (Å²) < 4.78 is 27.4. The Balaban J connectivity index is 2.36. The Morgan fingerprint density at radius 2 is 2.35 bits per heavy atom. The molecule has 3 N–H and O–H groups in total. The van der Waals surface area contributed by atoms with Gasteiger partial charge in [-0.15, -0.1) is 0 Å². The van der Waals surface area contributed by atoms with Crippen molar-refractivity contribution >= 4 is 15.9 Å². The fraction of sp³-hybridized carbons (Fsp3) is 0.556. The molecule has 2 rings (SSSR count). The summed E-state index contributed by atoms with van der Waals surface area (Å²) in [5, 5.41) is 7.42. The largest absolute Gasteiger partial charge is 0.386 e. The minimum absolute atomic E-state index is 0.00755. The molecule has 0 bridgehead atoms. The Bertz CT molecular complexity index is 535. The summed E-state index contributed by atoms with van der Waals surface area (Å²) in [6, 6.07) is -0.526. The first-order valence-electron chi connectivity index (χ1n) is 5.26. The normalized spacial score (nSPS) is 21.8. The number of nitrogens with zero attached hydrogens (tertiary/aromatic N) is 3. The lowest BCUT2D eigenvalue weighted by Crippen LogP contribution is -2.43. The first-order chi connectivity index (χ1) is 7.93. The van der Waals surface area contributed by atoms with Gasteiger partial charge in [0, 0.05) is 19.8 Å². The summed E-state index contributed by atoms with van der Waals surface area (Å²) in [5.74, 6) is -0.109. The maximum Gasteiger partial charge on any atom is 0.262 e. The van der Waals surface area contributed by atoms with Crippen LogP contribution in [0, 0.1) is 5.41 Å². The molecular formula is C9H15N5O2S. The highest BCUT2D eigenvalue weighted by molar-refractivity contribution is 7.89. The van der Waals surface area contributed by atoms with E-state index in [-0.39, 0.29) is 10.9 Å². The Labute approximate surface area is 99.8 Å². The average Bonchev–Trinajstić information content (AvgIpc) is 2.84. The molecule has 0 aromatic carbocycles. The van der Waals surface area contributed by atoms with E-state index in [1.165, 1.54) is 16.8 Å².